The fourth-order valence-corrected chi connectivity index (χ4v) is 4.24. The summed E-state index contributed by atoms with van der Waals surface area (Å²) >= 11 is 0. The van der Waals surface area contributed by atoms with Gasteiger partial charge >= 0.3 is 0 Å². The average molecular weight is 450 g/mol. The normalized spacial score (nSPS) is 18.5. The van der Waals surface area contributed by atoms with Crippen LogP contribution in [0.25, 0.3) is 16.8 Å². The highest BCUT2D eigenvalue weighted by molar-refractivity contribution is 5.96. The van der Waals surface area contributed by atoms with Gasteiger partial charge in [0.1, 0.15) is 11.6 Å². The van der Waals surface area contributed by atoms with Gasteiger partial charge in [-0.05, 0) is 63.0 Å². The van der Waals surface area contributed by atoms with Gasteiger partial charge < -0.3 is 15.0 Å². The van der Waals surface area contributed by atoms with Crippen molar-refractivity contribution in [3.63, 3.8) is 0 Å². The summed E-state index contributed by atoms with van der Waals surface area (Å²) in [4.78, 5) is 19.1. The van der Waals surface area contributed by atoms with Crippen LogP contribution in [0, 0.1) is 18.7 Å². The Morgan fingerprint density at radius 2 is 2.06 bits per heavy atom. The Kier molecular flexibility index (Phi) is 5.85. The molecule has 1 aromatic carbocycles. The minimum Gasteiger partial charge on any atom is -0.492 e. The molecule has 33 heavy (non-hydrogen) atoms. The van der Waals surface area contributed by atoms with Gasteiger partial charge in [0.2, 0.25) is 0 Å². The molecule has 8 heteroatoms. The Morgan fingerprint density at radius 3 is 2.82 bits per heavy atom. The Hall–Kier alpha value is -3.26. The van der Waals surface area contributed by atoms with Crippen LogP contribution < -0.4 is 10.1 Å². The van der Waals surface area contributed by atoms with Crippen molar-refractivity contribution in [2.24, 2.45) is 5.92 Å². The number of aryl methyl sites for hydroxylation is 1. The predicted octanol–water partition coefficient (Wildman–Crippen LogP) is 3.60. The summed E-state index contributed by atoms with van der Waals surface area (Å²) in [6.07, 6.45) is 10.0. The molecule has 0 unspecified atom stereocenters. The fraction of sp³-hybridized carbons (Fsp3) is 0.400. The first-order valence-corrected chi connectivity index (χ1v) is 11.4. The highest BCUT2D eigenvalue weighted by atomic mass is 19.1. The molecular weight excluding hydrogens is 421 g/mol. The lowest BCUT2D eigenvalue weighted by Gasteiger charge is -2.12. The average Bonchev–Trinajstić information content (AvgIpc) is 3.29. The number of carbonyl (C=O) groups excluding carboxylic acids is 1. The summed E-state index contributed by atoms with van der Waals surface area (Å²) in [5, 5.41) is 7.32. The molecule has 0 spiro atoms. The second kappa shape index (κ2) is 8.94. The molecule has 1 saturated carbocycles. The van der Waals surface area contributed by atoms with Gasteiger partial charge in [-0.3, -0.25) is 9.78 Å². The van der Waals surface area contributed by atoms with Crippen molar-refractivity contribution < 1.29 is 13.9 Å². The standard InChI is InChI=1S/C25H28FN5O2/c1-16-7-24(26)23(25(32)29-19-3-4-19)9-22(16)18-10-28-31(14-18)20-8-21(12-27-11-20)33-15-17-5-6-30(2)13-17/h7-12,14,17,19H,3-6,13,15H2,1-2H3,(H,29,32)/t17-/m0/s1. The molecule has 3 heterocycles. The first-order chi connectivity index (χ1) is 16.0. The van der Waals surface area contributed by atoms with E-state index >= 15 is 0 Å². The van der Waals surface area contributed by atoms with Crippen molar-refractivity contribution in [3.8, 4) is 22.6 Å². The van der Waals surface area contributed by atoms with Crippen LogP contribution in [0.4, 0.5) is 4.39 Å². The maximum absolute atomic E-state index is 14.5. The van der Waals surface area contributed by atoms with Crippen LogP contribution in [0.5, 0.6) is 5.75 Å². The number of amides is 1. The third kappa shape index (κ3) is 4.90. The minimum absolute atomic E-state index is 0.0601. The van der Waals surface area contributed by atoms with E-state index in [-0.39, 0.29) is 17.5 Å². The number of halogens is 1. The first kappa shape index (κ1) is 21.6. The lowest BCUT2D eigenvalue weighted by Crippen LogP contribution is -2.26. The van der Waals surface area contributed by atoms with Gasteiger partial charge in [-0.1, -0.05) is 0 Å². The number of ether oxygens (including phenoxy) is 1. The van der Waals surface area contributed by atoms with Crippen molar-refractivity contribution in [2.75, 3.05) is 26.7 Å². The summed E-state index contributed by atoms with van der Waals surface area (Å²) < 4.78 is 22.2. The van der Waals surface area contributed by atoms with Gasteiger partial charge in [0.05, 0.1) is 36.4 Å². The minimum atomic E-state index is -0.510. The first-order valence-electron chi connectivity index (χ1n) is 11.4. The fourth-order valence-electron chi connectivity index (χ4n) is 4.24. The van der Waals surface area contributed by atoms with E-state index in [4.69, 9.17) is 4.74 Å². The van der Waals surface area contributed by atoms with Crippen molar-refractivity contribution in [1.82, 2.24) is 25.0 Å². The molecule has 2 aliphatic rings. The molecule has 1 N–H and O–H groups in total. The monoisotopic (exact) mass is 449 g/mol. The van der Waals surface area contributed by atoms with Crippen LogP contribution in [-0.2, 0) is 0 Å². The number of carbonyl (C=O) groups is 1. The molecule has 2 fully saturated rings. The van der Waals surface area contributed by atoms with Crippen LogP contribution in [-0.4, -0.2) is 58.4 Å². The molecule has 0 radical (unpaired) electrons. The number of likely N-dealkylation sites (tertiary alicyclic amines) is 1. The predicted molar refractivity (Wildman–Crippen MR) is 123 cm³/mol. The van der Waals surface area contributed by atoms with Gasteiger partial charge in [0.15, 0.2) is 0 Å². The smallest absolute Gasteiger partial charge is 0.254 e. The van der Waals surface area contributed by atoms with Crippen molar-refractivity contribution in [3.05, 3.63) is 59.9 Å². The molecule has 1 aliphatic heterocycles. The zero-order chi connectivity index (χ0) is 22.9. The molecule has 1 atom stereocenters. The van der Waals surface area contributed by atoms with Crippen molar-refractivity contribution >= 4 is 5.91 Å². The van der Waals surface area contributed by atoms with E-state index in [0.29, 0.717) is 18.3 Å². The van der Waals surface area contributed by atoms with Crippen LogP contribution in [0.1, 0.15) is 35.2 Å². The van der Waals surface area contributed by atoms with E-state index in [9.17, 15) is 9.18 Å². The molecule has 1 amide bonds. The maximum Gasteiger partial charge on any atom is 0.254 e. The second-order valence-corrected chi connectivity index (χ2v) is 9.18. The summed E-state index contributed by atoms with van der Waals surface area (Å²) in [6, 6.07) is 5.10. The summed E-state index contributed by atoms with van der Waals surface area (Å²) in [7, 11) is 2.13. The van der Waals surface area contributed by atoms with Gasteiger partial charge in [0, 0.05) is 36.3 Å². The number of rotatable bonds is 7. The van der Waals surface area contributed by atoms with E-state index < -0.39 is 5.82 Å². The van der Waals surface area contributed by atoms with E-state index in [1.54, 1.807) is 29.3 Å². The zero-order valence-corrected chi connectivity index (χ0v) is 18.9. The van der Waals surface area contributed by atoms with Gasteiger partial charge in [-0.25, -0.2) is 9.07 Å². The Balaban J connectivity index is 1.34. The number of aromatic nitrogens is 3. The number of nitrogens with one attached hydrogen (secondary N) is 1. The molecular formula is C25H28FN5O2. The van der Waals surface area contributed by atoms with Crippen molar-refractivity contribution in [1.29, 1.82) is 0 Å². The highest BCUT2D eigenvalue weighted by Gasteiger charge is 2.26. The molecule has 7 nitrogen and oxygen atoms in total. The Morgan fingerprint density at radius 1 is 1.21 bits per heavy atom. The topological polar surface area (TPSA) is 72.3 Å². The van der Waals surface area contributed by atoms with E-state index in [1.165, 1.54) is 6.07 Å². The number of hydrogen-bond donors (Lipinski definition) is 1. The molecule has 2 aromatic heterocycles. The summed E-state index contributed by atoms with van der Waals surface area (Å²) in [5.41, 5.74) is 3.15. The van der Waals surface area contributed by atoms with Crippen LogP contribution in [0.15, 0.2) is 43.0 Å². The van der Waals surface area contributed by atoms with E-state index in [1.807, 2.05) is 19.2 Å². The molecule has 1 saturated heterocycles. The quantitative estimate of drug-likeness (QED) is 0.597. The second-order valence-electron chi connectivity index (χ2n) is 9.18. The Bertz CT molecular complexity index is 1170. The molecule has 1 aliphatic carbocycles. The number of benzene rings is 1. The highest BCUT2D eigenvalue weighted by Crippen LogP contribution is 2.28. The molecule has 3 aromatic rings. The summed E-state index contributed by atoms with van der Waals surface area (Å²) in [6.45, 7) is 4.65. The van der Waals surface area contributed by atoms with E-state index in [0.717, 1.165) is 54.7 Å². The third-order valence-electron chi connectivity index (χ3n) is 6.30. The van der Waals surface area contributed by atoms with Gasteiger partial charge in [0.25, 0.3) is 5.91 Å². The maximum atomic E-state index is 14.5. The van der Waals surface area contributed by atoms with E-state index in [2.05, 4.69) is 27.3 Å². The molecule has 0 bridgehead atoms. The van der Waals surface area contributed by atoms with Crippen LogP contribution >= 0.6 is 0 Å². The lowest BCUT2D eigenvalue weighted by atomic mass is 9.99. The van der Waals surface area contributed by atoms with Gasteiger partial charge in [-0.2, -0.15) is 5.10 Å². The van der Waals surface area contributed by atoms with Crippen LogP contribution in [0.3, 0.4) is 0 Å². The summed E-state index contributed by atoms with van der Waals surface area (Å²) in [5.74, 6) is 0.356. The number of nitrogens with zero attached hydrogens (tertiary/aromatic N) is 4. The van der Waals surface area contributed by atoms with Gasteiger partial charge in [-0.15, -0.1) is 0 Å². The third-order valence-corrected chi connectivity index (χ3v) is 6.30. The van der Waals surface area contributed by atoms with Crippen LogP contribution in [0.2, 0.25) is 0 Å². The Labute approximate surface area is 192 Å². The zero-order valence-electron chi connectivity index (χ0n) is 18.9. The van der Waals surface area contributed by atoms with Crippen molar-refractivity contribution in [2.45, 2.75) is 32.2 Å². The number of pyridine rings is 1. The SMILES string of the molecule is Cc1cc(F)c(C(=O)NC2CC2)cc1-c1cnn(-c2cncc(OC[C@H]3CCN(C)C3)c2)c1. The molecule has 172 valence electrons. The molecule has 5 rings (SSSR count). The largest absolute Gasteiger partial charge is 0.492 e. The lowest BCUT2D eigenvalue weighted by molar-refractivity contribution is 0.0947. The number of hydrogen-bond acceptors (Lipinski definition) is 5.